The molecule has 4 N–H and O–H groups in total. The van der Waals surface area contributed by atoms with Gasteiger partial charge in [-0.15, -0.1) is 24.0 Å². The van der Waals surface area contributed by atoms with Gasteiger partial charge in [-0.25, -0.2) is 4.99 Å². The van der Waals surface area contributed by atoms with Crippen molar-refractivity contribution in [3.63, 3.8) is 0 Å². The Bertz CT molecular complexity index is 793. The average Bonchev–Trinajstić information content (AvgIpc) is 3.17. The molecule has 1 aliphatic rings. The second-order valence-corrected chi connectivity index (χ2v) is 7.03. The van der Waals surface area contributed by atoms with Crippen LogP contribution in [0.15, 0.2) is 51.9 Å². The van der Waals surface area contributed by atoms with Gasteiger partial charge in [-0.3, -0.25) is 9.69 Å². The van der Waals surface area contributed by atoms with Crippen molar-refractivity contribution in [2.24, 2.45) is 10.7 Å². The predicted molar refractivity (Wildman–Crippen MR) is 125 cm³/mol. The first-order valence-corrected chi connectivity index (χ1v) is 9.83. The van der Waals surface area contributed by atoms with E-state index >= 15 is 0 Å². The molecule has 1 atom stereocenters. The average molecular weight is 511 g/mol. The fraction of sp³-hybridized carbons (Fsp3) is 0.429. The zero-order chi connectivity index (χ0) is 19.8. The minimum absolute atomic E-state index is 0. The fourth-order valence-corrected chi connectivity index (χ4v) is 3.42. The molecule has 0 bridgehead atoms. The Morgan fingerprint density at radius 2 is 2.07 bits per heavy atom. The van der Waals surface area contributed by atoms with Crippen LogP contribution in [-0.4, -0.2) is 42.4 Å². The van der Waals surface area contributed by atoms with Crippen molar-refractivity contribution in [1.29, 1.82) is 0 Å². The SMILES string of the molecule is CCNC(=NCc1ccc(C(N)=O)o1)NC1CCCN(Cc2ccccc2)C1.I. The van der Waals surface area contributed by atoms with Gasteiger partial charge in [-0.2, -0.15) is 0 Å². The first kappa shape index (κ1) is 23.2. The number of furan rings is 1. The van der Waals surface area contributed by atoms with E-state index in [1.165, 1.54) is 5.56 Å². The highest BCUT2D eigenvalue weighted by Crippen LogP contribution is 2.14. The molecule has 158 valence electrons. The topological polar surface area (TPSA) is 95.9 Å². The molecule has 7 nitrogen and oxygen atoms in total. The summed E-state index contributed by atoms with van der Waals surface area (Å²) < 4.78 is 5.40. The van der Waals surface area contributed by atoms with E-state index in [1.807, 2.05) is 6.92 Å². The maximum atomic E-state index is 11.1. The Morgan fingerprint density at radius 1 is 1.28 bits per heavy atom. The second-order valence-electron chi connectivity index (χ2n) is 7.03. The van der Waals surface area contributed by atoms with Crippen LogP contribution < -0.4 is 16.4 Å². The van der Waals surface area contributed by atoms with Crippen LogP contribution in [0.2, 0.25) is 0 Å². The number of carbonyl (C=O) groups is 1. The summed E-state index contributed by atoms with van der Waals surface area (Å²) in [6, 6.07) is 14.2. The number of guanidine groups is 1. The number of nitrogens with zero attached hydrogens (tertiary/aromatic N) is 2. The Morgan fingerprint density at radius 3 is 2.76 bits per heavy atom. The zero-order valence-corrected chi connectivity index (χ0v) is 19.1. The van der Waals surface area contributed by atoms with Crippen molar-refractivity contribution in [3.8, 4) is 0 Å². The van der Waals surface area contributed by atoms with Gasteiger partial charge in [0.1, 0.15) is 12.3 Å². The molecule has 1 fully saturated rings. The van der Waals surface area contributed by atoms with E-state index in [4.69, 9.17) is 10.2 Å². The van der Waals surface area contributed by atoms with E-state index in [0.29, 0.717) is 18.3 Å². The lowest BCUT2D eigenvalue weighted by Crippen LogP contribution is -2.50. The van der Waals surface area contributed by atoms with Gasteiger partial charge in [0, 0.05) is 25.7 Å². The van der Waals surface area contributed by atoms with Gasteiger partial charge in [-0.1, -0.05) is 30.3 Å². The molecule has 29 heavy (non-hydrogen) atoms. The van der Waals surface area contributed by atoms with Gasteiger partial charge >= 0.3 is 0 Å². The molecular formula is C21H30IN5O2. The van der Waals surface area contributed by atoms with E-state index in [-0.39, 0.29) is 29.7 Å². The molecule has 1 aliphatic heterocycles. The Labute approximate surface area is 189 Å². The van der Waals surface area contributed by atoms with Crippen molar-refractivity contribution in [3.05, 3.63) is 59.5 Å². The maximum Gasteiger partial charge on any atom is 0.284 e. The summed E-state index contributed by atoms with van der Waals surface area (Å²) >= 11 is 0. The number of benzene rings is 1. The number of amides is 1. The molecule has 0 saturated carbocycles. The van der Waals surface area contributed by atoms with Crippen LogP contribution >= 0.6 is 24.0 Å². The number of halogens is 1. The smallest absolute Gasteiger partial charge is 0.284 e. The van der Waals surface area contributed by atoms with Crippen molar-refractivity contribution < 1.29 is 9.21 Å². The number of nitrogens with two attached hydrogens (primary N) is 1. The molecule has 2 heterocycles. The van der Waals surface area contributed by atoms with Crippen LogP contribution in [0.5, 0.6) is 0 Å². The minimum Gasteiger partial charge on any atom is -0.454 e. The molecule has 0 radical (unpaired) electrons. The third-order valence-corrected chi connectivity index (χ3v) is 4.74. The highest BCUT2D eigenvalue weighted by atomic mass is 127. The highest BCUT2D eigenvalue weighted by Gasteiger charge is 2.20. The van der Waals surface area contributed by atoms with Crippen LogP contribution in [0.1, 0.15) is 41.6 Å². The molecule has 1 aromatic carbocycles. The number of aliphatic imine (C=N–C) groups is 1. The summed E-state index contributed by atoms with van der Waals surface area (Å²) in [6.45, 7) is 6.22. The summed E-state index contributed by atoms with van der Waals surface area (Å²) in [5, 5.41) is 6.82. The minimum atomic E-state index is -0.569. The van der Waals surface area contributed by atoms with Gasteiger partial charge in [0.2, 0.25) is 0 Å². The predicted octanol–water partition coefficient (Wildman–Crippen LogP) is 2.72. The molecule has 1 unspecified atom stereocenters. The second kappa shape index (κ2) is 11.8. The molecule has 8 heteroatoms. The number of piperidine rings is 1. The molecular weight excluding hydrogens is 481 g/mol. The number of likely N-dealkylation sites (tertiary alicyclic amines) is 1. The molecule has 3 rings (SSSR count). The normalized spacial score (nSPS) is 17.4. The highest BCUT2D eigenvalue weighted by molar-refractivity contribution is 14.0. The van der Waals surface area contributed by atoms with Crippen molar-refractivity contribution >= 4 is 35.8 Å². The van der Waals surface area contributed by atoms with E-state index in [1.54, 1.807) is 12.1 Å². The lowest BCUT2D eigenvalue weighted by atomic mass is 10.0. The van der Waals surface area contributed by atoms with E-state index in [0.717, 1.165) is 45.0 Å². The third kappa shape index (κ3) is 7.36. The van der Waals surface area contributed by atoms with Gasteiger partial charge in [0.25, 0.3) is 5.91 Å². The number of primary amides is 1. The molecule has 0 spiro atoms. The summed E-state index contributed by atoms with van der Waals surface area (Å²) in [4.78, 5) is 18.2. The Balaban J connectivity index is 0.00000300. The molecule has 1 saturated heterocycles. The molecule has 2 aromatic rings. The summed E-state index contributed by atoms with van der Waals surface area (Å²) in [7, 11) is 0. The van der Waals surface area contributed by atoms with E-state index in [9.17, 15) is 4.79 Å². The molecule has 1 amide bonds. The Hall–Kier alpha value is -2.07. The lowest BCUT2D eigenvalue weighted by molar-refractivity contribution is 0.0972. The quantitative estimate of drug-likeness (QED) is 0.302. The largest absolute Gasteiger partial charge is 0.454 e. The Kier molecular flexibility index (Phi) is 9.46. The van der Waals surface area contributed by atoms with Crippen molar-refractivity contribution in [1.82, 2.24) is 15.5 Å². The number of nitrogens with one attached hydrogen (secondary N) is 2. The van der Waals surface area contributed by atoms with Gasteiger partial charge < -0.3 is 20.8 Å². The monoisotopic (exact) mass is 511 g/mol. The van der Waals surface area contributed by atoms with Crippen LogP contribution in [0, 0.1) is 0 Å². The van der Waals surface area contributed by atoms with Crippen LogP contribution in [0.25, 0.3) is 0 Å². The summed E-state index contributed by atoms with van der Waals surface area (Å²) in [5.41, 5.74) is 6.56. The van der Waals surface area contributed by atoms with Crippen LogP contribution in [-0.2, 0) is 13.1 Å². The van der Waals surface area contributed by atoms with E-state index < -0.39 is 5.91 Å². The lowest BCUT2D eigenvalue weighted by Gasteiger charge is -2.34. The number of rotatable bonds is 7. The van der Waals surface area contributed by atoms with Crippen LogP contribution in [0.4, 0.5) is 0 Å². The summed E-state index contributed by atoms with van der Waals surface area (Å²) in [6.07, 6.45) is 2.27. The molecule has 0 aliphatic carbocycles. The van der Waals surface area contributed by atoms with Gasteiger partial charge in [0.05, 0.1) is 0 Å². The van der Waals surface area contributed by atoms with Crippen LogP contribution in [0.3, 0.4) is 0 Å². The number of carbonyl (C=O) groups excluding carboxylic acids is 1. The first-order valence-electron chi connectivity index (χ1n) is 9.83. The maximum absolute atomic E-state index is 11.1. The van der Waals surface area contributed by atoms with Crippen molar-refractivity contribution in [2.75, 3.05) is 19.6 Å². The standard InChI is InChI=1S/C21H29N5O2.HI/c1-2-23-21(24-13-18-10-11-19(28-18)20(22)27)25-17-9-6-12-26(15-17)14-16-7-4-3-5-8-16;/h3-5,7-8,10-11,17H,2,6,9,12-15H2,1H3,(H2,22,27)(H2,23,24,25);1H. The van der Waals surface area contributed by atoms with Gasteiger partial charge in [0.15, 0.2) is 11.7 Å². The molecule has 1 aromatic heterocycles. The number of hydrogen-bond acceptors (Lipinski definition) is 4. The first-order chi connectivity index (χ1) is 13.6. The summed E-state index contributed by atoms with van der Waals surface area (Å²) in [5.74, 6) is 0.958. The zero-order valence-electron chi connectivity index (χ0n) is 16.8. The fourth-order valence-electron chi connectivity index (χ4n) is 3.42. The number of hydrogen-bond donors (Lipinski definition) is 3. The third-order valence-electron chi connectivity index (χ3n) is 4.74. The van der Waals surface area contributed by atoms with Crippen molar-refractivity contribution in [2.45, 2.75) is 38.9 Å². The van der Waals surface area contributed by atoms with Gasteiger partial charge in [-0.05, 0) is 44.0 Å². The van der Waals surface area contributed by atoms with E-state index in [2.05, 4.69) is 50.9 Å².